The molecule has 0 atom stereocenters. The Morgan fingerprint density at radius 2 is 1.81 bits per heavy atom. The summed E-state index contributed by atoms with van der Waals surface area (Å²) >= 11 is 0. The molecule has 0 spiro atoms. The normalized spacial score (nSPS) is 11.5. The molecule has 0 bridgehead atoms. The van der Waals surface area contributed by atoms with Crippen molar-refractivity contribution in [3.8, 4) is 0 Å². The summed E-state index contributed by atoms with van der Waals surface area (Å²) in [4.78, 5) is 11.2. The Bertz CT molecular complexity index is 181. The minimum Gasteiger partial charge on any atom is -0.465 e. The number of hydrogen-bond donors (Lipinski definition) is 3. The van der Waals surface area contributed by atoms with Gasteiger partial charge in [-0.3, -0.25) is 4.79 Å². The van der Waals surface area contributed by atoms with Crippen LogP contribution >= 0.6 is 0 Å². The minimum absolute atomic E-state index is 0.0362. The van der Waals surface area contributed by atoms with Crippen LogP contribution < -0.4 is 0 Å². The molecule has 5 nitrogen and oxygen atoms in total. The molecule has 0 aromatic heterocycles. The number of unbranched alkanes of at least 4 members (excludes halogenated alkanes) is 1. The maximum Gasteiger partial charge on any atom is 0.305 e. The fourth-order valence-corrected chi connectivity index (χ4v) is 1.15. The summed E-state index contributed by atoms with van der Waals surface area (Å²) in [6, 6.07) is 0. The van der Waals surface area contributed by atoms with E-state index in [1.807, 2.05) is 6.92 Å². The number of carbonyl (C=O) groups is 1. The third kappa shape index (κ3) is 5.44. The fraction of sp³-hybridized carbons (Fsp3) is 0.909. The van der Waals surface area contributed by atoms with E-state index in [0.717, 1.165) is 0 Å². The summed E-state index contributed by atoms with van der Waals surface area (Å²) < 4.78 is 4.99. The Morgan fingerprint density at radius 3 is 2.25 bits per heavy atom. The largest absolute Gasteiger partial charge is 0.465 e. The lowest BCUT2D eigenvalue weighted by Gasteiger charge is -2.27. The van der Waals surface area contributed by atoms with Crippen molar-refractivity contribution in [3.05, 3.63) is 0 Å². The molecule has 3 N–H and O–H groups in total. The second kappa shape index (κ2) is 8.50. The molecule has 0 amide bonds. The van der Waals surface area contributed by atoms with Crippen molar-refractivity contribution in [1.82, 2.24) is 0 Å². The van der Waals surface area contributed by atoms with E-state index in [1.165, 1.54) is 0 Å². The Hall–Kier alpha value is -0.650. The van der Waals surface area contributed by atoms with Gasteiger partial charge in [-0.1, -0.05) is 6.92 Å². The van der Waals surface area contributed by atoms with E-state index < -0.39 is 5.41 Å². The first-order valence-corrected chi connectivity index (χ1v) is 5.62. The van der Waals surface area contributed by atoms with Gasteiger partial charge in [-0.2, -0.15) is 0 Å². The smallest absolute Gasteiger partial charge is 0.305 e. The van der Waals surface area contributed by atoms with Crippen molar-refractivity contribution < 1.29 is 24.9 Å². The Kier molecular flexibility index (Phi) is 8.15. The zero-order chi connectivity index (χ0) is 12.4. The van der Waals surface area contributed by atoms with Crippen LogP contribution in [-0.4, -0.2) is 47.7 Å². The summed E-state index contributed by atoms with van der Waals surface area (Å²) in [5.74, 6) is -0.354. The summed E-state index contributed by atoms with van der Waals surface area (Å²) in [6.07, 6.45) is 1.97. The third-order valence-corrected chi connectivity index (χ3v) is 2.75. The van der Waals surface area contributed by atoms with E-state index >= 15 is 0 Å². The average Bonchev–Trinajstić information content (AvgIpc) is 2.32. The minimum atomic E-state index is -0.730. The summed E-state index contributed by atoms with van der Waals surface area (Å²) in [6.45, 7) is 1.52. The van der Waals surface area contributed by atoms with Gasteiger partial charge in [0, 0.05) is 13.0 Å². The van der Waals surface area contributed by atoms with Gasteiger partial charge in [-0.15, -0.1) is 0 Å². The van der Waals surface area contributed by atoms with E-state index in [-0.39, 0.29) is 38.8 Å². The number of carbonyl (C=O) groups excluding carboxylic acids is 1. The molecule has 96 valence electrons. The van der Waals surface area contributed by atoms with E-state index in [0.29, 0.717) is 19.3 Å². The number of esters is 1. The number of aliphatic hydroxyl groups excluding tert-OH is 3. The summed E-state index contributed by atoms with van der Waals surface area (Å²) in [7, 11) is 0. The van der Waals surface area contributed by atoms with Gasteiger partial charge in [0.2, 0.25) is 0 Å². The molecule has 0 saturated heterocycles. The van der Waals surface area contributed by atoms with Crippen molar-refractivity contribution >= 4 is 5.97 Å². The van der Waals surface area contributed by atoms with Crippen molar-refractivity contribution in [2.45, 2.75) is 32.6 Å². The molecule has 0 aliphatic rings. The quantitative estimate of drug-likeness (QED) is 0.388. The van der Waals surface area contributed by atoms with Crippen LogP contribution in [0.2, 0.25) is 0 Å². The molecule has 0 aliphatic heterocycles. The first kappa shape index (κ1) is 15.3. The third-order valence-electron chi connectivity index (χ3n) is 2.75. The topological polar surface area (TPSA) is 87.0 Å². The standard InChI is InChI=1S/C11H22O5/c1-2-11(7-13,8-14)9-16-10(15)5-3-4-6-12/h12-14H,2-9H2,1H3. The molecular formula is C11H22O5. The zero-order valence-electron chi connectivity index (χ0n) is 9.81. The van der Waals surface area contributed by atoms with Gasteiger partial charge in [0.25, 0.3) is 0 Å². The highest BCUT2D eigenvalue weighted by Crippen LogP contribution is 2.21. The van der Waals surface area contributed by atoms with E-state index in [1.54, 1.807) is 0 Å². The zero-order valence-corrected chi connectivity index (χ0v) is 9.81. The molecule has 0 saturated carbocycles. The molecular weight excluding hydrogens is 212 g/mol. The molecule has 0 heterocycles. The highest BCUT2D eigenvalue weighted by molar-refractivity contribution is 5.69. The molecule has 0 fully saturated rings. The maximum atomic E-state index is 11.2. The van der Waals surface area contributed by atoms with Crippen LogP contribution in [0.4, 0.5) is 0 Å². The predicted molar refractivity (Wildman–Crippen MR) is 58.8 cm³/mol. The van der Waals surface area contributed by atoms with Crippen LogP contribution in [0.3, 0.4) is 0 Å². The first-order valence-electron chi connectivity index (χ1n) is 5.62. The van der Waals surface area contributed by atoms with Gasteiger partial charge >= 0.3 is 5.97 Å². The fourth-order valence-electron chi connectivity index (χ4n) is 1.15. The predicted octanol–water partition coefficient (Wildman–Crippen LogP) is 0.0732. The Labute approximate surface area is 96.0 Å². The van der Waals surface area contributed by atoms with Crippen LogP contribution in [0.15, 0.2) is 0 Å². The highest BCUT2D eigenvalue weighted by Gasteiger charge is 2.28. The van der Waals surface area contributed by atoms with Crippen molar-refractivity contribution in [2.75, 3.05) is 26.4 Å². The number of rotatable bonds is 9. The van der Waals surface area contributed by atoms with Crippen LogP contribution in [0.1, 0.15) is 32.6 Å². The van der Waals surface area contributed by atoms with Crippen LogP contribution in [-0.2, 0) is 9.53 Å². The van der Waals surface area contributed by atoms with Gasteiger partial charge in [0.15, 0.2) is 0 Å². The lowest BCUT2D eigenvalue weighted by atomic mass is 9.88. The Morgan fingerprint density at radius 1 is 1.19 bits per heavy atom. The lowest BCUT2D eigenvalue weighted by molar-refractivity contribution is -0.149. The van der Waals surface area contributed by atoms with Crippen LogP contribution in [0, 0.1) is 5.41 Å². The SMILES string of the molecule is CCC(CO)(CO)COC(=O)CCCCO. The highest BCUT2D eigenvalue weighted by atomic mass is 16.5. The molecule has 0 unspecified atom stereocenters. The second-order valence-corrected chi connectivity index (χ2v) is 4.01. The van der Waals surface area contributed by atoms with Gasteiger partial charge in [-0.25, -0.2) is 0 Å². The van der Waals surface area contributed by atoms with Gasteiger partial charge in [-0.05, 0) is 19.3 Å². The number of ether oxygens (including phenoxy) is 1. The molecule has 16 heavy (non-hydrogen) atoms. The van der Waals surface area contributed by atoms with Crippen LogP contribution in [0.5, 0.6) is 0 Å². The summed E-state index contributed by atoms with van der Waals surface area (Å²) in [5, 5.41) is 26.8. The molecule has 0 aromatic carbocycles. The summed E-state index contributed by atoms with van der Waals surface area (Å²) in [5.41, 5.74) is -0.730. The van der Waals surface area contributed by atoms with E-state index in [9.17, 15) is 4.79 Å². The first-order chi connectivity index (χ1) is 7.64. The van der Waals surface area contributed by atoms with Gasteiger partial charge in [0.05, 0.1) is 18.6 Å². The average molecular weight is 234 g/mol. The Balaban J connectivity index is 3.87. The monoisotopic (exact) mass is 234 g/mol. The number of aliphatic hydroxyl groups is 3. The molecule has 0 aliphatic carbocycles. The van der Waals surface area contributed by atoms with Gasteiger partial charge < -0.3 is 20.1 Å². The van der Waals surface area contributed by atoms with Crippen molar-refractivity contribution in [1.29, 1.82) is 0 Å². The molecule has 0 rings (SSSR count). The molecule has 5 heteroatoms. The number of hydrogen-bond acceptors (Lipinski definition) is 5. The molecule has 0 aromatic rings. The van der Waals surface area contributed by atoms with Crippen LogP contribution in [0.25, 0.3) is 0 Å². The van der Waals surface area contributed by atoms with Crippen molar-refractivity contribution in [3.63, 3.8) is 0 Å². The lowest BCUT2D eigenvalue weighted by Crippen LogP contribution is -2.35. The second-order valence-electron chi connectivity index (χ2n) is 4.01. The van der Waals surface area contributed by atoms with Crippen molar-refractivity contribution in [2.24, 2.45) is 5.41 Å². The van der Waals surface area contributed by atoms with Gasteiger partial charge in [0.1, 0.15) is 6.61 Å². The van der Waals surface area contributed by atoms with E-state index in [4.69, 9.17) is 20.1 Å². The molecule has 0 radical (unpaired) electrons. The maximum absolute atomic E-state index is 11.2. The van der Waals surface area contributed by atoms with E-state index in [2.05, 4.69) is 0 Å².